The Morgan fingerprint density at radius 3 is 2.50 bits per heavy atom. The van der Waals surface area contributed by atoms with E-state index in [-0.39, 0.29) is 23.3 Å². The lowest BCUT2D eigenvalue weighted by atomic mass is 9.81. The SMILES string of the molecule is C=C[C@@H]1CNC[C@@](NC(C)=O)(C(=O)N(C)C(C)(C)C)C1. The van der Waals surface area contributed by atoms with Gasteiger partial charge < -0.3 is 15.5 Å². The van der Waals surface area contributed by atoms with Crippen LogP contribution in [0.25, 0.3) is 0 Å². The molecular weight excluding hydrogens is 254 g/mol. The van der Waals surface area contributed by atoms with Crippen molar-refractivity contribution in [2.45, 2.75) is 45.2 Å². The second kappa shape index (κ2) is 5.95. The molecule has 1 aliphatic rings. The van der Waals surface area contributed by atoms with Crippen LogP contribution in [0.5, 0.6) is 0 Å². The molecule has 5 heteroatoms. The molecule has 1 rings (SSSR count). The van der Waals surface area contributed by atoms with Crippen LogP contribution in [0, 0.1) is 5.92 Å². The van der Waals surface area contributed by atoms with Crippen molar-refractivity contribution in [3.63, 3.8) is 0 Å². The highest BCUT2D eigenvalue weighted by Gasteiger charge is 2.46. The zero-order valence-electron chi connectivity index (χ0n) is 13.2. The van der Waals surface area contributed by atoms with E-state index in [0.717, 1.165) is 6.54 Å². The molecule has 1 aliphatic heterocycles. The molecule has 0 bridgehead atoms. The second-order valence-corrected chi connectivity index (χ2v) is 6.63. The van der Waals surface area contributed by atoms with Crippen molar-refractivity contribution < 1.29 is 9.59 Å². The van der Waals surface area contributed by atoms with Crippen LogP contribution >= 0.6 is 0 Å². The number of likely N-dealkylation sites (N-methyl/N-ethyl adjacent to an activating group) is 1. The van der Waals surface area contributed by atoms with Crippen LogP contribution in [0.3, 0.4) is 0 Å². The van der Waals surface area contributed by atoms with Gasteiger partial charge in [-0.3, -0.25) is 9.59 Å². The van der Waals surface area contributed by atoms with Gasteiger partial charge >= 0.3 is 0 Å². The molecule has 0 spiro atoms. The van der Waals surface area contributed by atoms with Gasteiger partial charge in [-0.25, -0.2) is 0 Å². The highest BCUT2D eigenvalue weighted by atomic mass is 16.2. The van der Waals surface area contributed by atoms with Gasteiger partial charge in [0.05, 0.1) is 0 Å². The fraction of sp³-hybridized carbons (Fsp3) is 0.733. The average Bonchev–Trinajstić information content (AvgIpc) is 2.35. The number of nitrogens with zero attached hydrogens (tertiary/aromatic N) is 1. The third kappa shape index (κ3) is 3.60. The molecule has 20 heavy (non-hydrogen) atoms. The van der Waals surface area contributed by atoms with Crippen LogP contribution in [0.1, 0.15) is 34.1 Å². The summed E-state index contributed by atoms with van der Waals surface area (Å²) in [7, 11) is 1.78. The van der Waals surface area contributed by atoms with E-state index >= 15 is 0 Å². The zero-order valence-corrected chi connectivity index (χ0v) is 13.2. The first-order valence-electron chi connectivity index (χ1n) is 7.02. The minimum absolute atomic E-state index is 0.0562. The largest absolute Gasteiger partial charge is 0.341 e. The van der Waals surface area contributed by atoms with Crippen LogP contribution in [-0.2, 0) is 9.59 Å². The normalized spacial score (nSPS) is 26.8. The third-order valence-electron chi connectivity index (χ3n) is 3.91. The van der Waals surface area contributed by atoms with Crippen LogP contribution in [0.15, 0.2) is 12.7 Å². The summed E-state index contributed by atoms with van der Waals surface area (Å²) in [6, 6.07) is 0. The van der Waals surface area contributed by atoms with E-state index < -0.39 is 5.54 Å². The summed E-state index contributed by atoms with van der Waals surface area (Å²) < 4.78 is 0. The predicted octanol–water partition coefficient (Wildman–Crippen LogP) is 0.914. The smallest absolute Gasteiger partial charge is 0.249 e. The van der Waals surface area contributed by atoms with Gasteiger partial charge in [-0.2, -0.15) is 0 Å². The van der Waals surface area contributed by atoms with Gasteiger partial charge in [-0.1, -0.05) is 6.08 Å². The highest BCUT2D eigenvalue weighted by molar-refractivity contribution is 5.91. The van der Waals surface area contributed by atoms with E-state index in [4.69, 9.17) is 0 Å². The van der Waals surface area contributed by atoms with Gasteiger partial charge in [0.1, 0.15) is 5.54 Å². The number of carbonyl (C=O) groups is 2. The number of hydrogen-bond donors (Lipinski definition) is 2. The maximum atomic E-state index is 12.9. The molecule has 1 heterocycles. The van der Waals surface area contributed by atoms with Crippen LogP contribution in [-0.4, -0.2) is 47.9 Å². The Morgan fingerprint density at radius 2 is 2.05 bits per heavy atom. The van der Waals surface area contributed by atoms with Gasteiger partial charge in [0.25, 0.3) is 0 Å². The molecule has 2 amide bonds. The summed E-state index contributed by atoms with van der Waals surface area (Å²) in [6.45, 7) is 12.4. The van der Waals surface area contributed by atoms with Gasteiger partial charge in [0.2, 0.25) is 11.8 Å². The summed E-state index contributed by atoms with van der Waals surface area (Å²) in [5, 5.41) is 6.11. The summed E-state index contributed by atoms with van der Waals surface area (Å²) in [5.74, 6) is -0.0701. The molecule has 0 aliphatic carbocycles. The fourth-order valence-electron chi connectivity index (χ4n) is 2.50. The van der Waals surface area contributed by atoms with E-state index in [1.54, 1.807) is 11.9 Å². The van der Waals surface area contributed by atoms with Crippen molar-refractivity contribution in [2.24, 2.45) is 5.92 Å². The third-order valence-corrected chi connectivity index (χ3v) is 3.91. The number of rotatable bonds is 3. The predicted molar refractivity (Wildman–Crippen MR) is 80.2 cm³/mol. The number of hydrogen-bond acceptors (Lipinski definition) is 3. The van der Waals surface area contributed by atoms with Crippen LogP contribution < -0.4 is 10.6 Å². The molecule has 2 N–H and O–H groups in total. The summed E-state index contributed by atoms with van der Waals surface area (Å²) in [5.41, 5.74) is -1.17. The van der Waals surface area contributed by atoms with Crippen molar-refractivity contribution in [2.75, 3.05) is 20.1 Å². The zero-order chi connectivity index (χ0) is 15.6. The van der Waals surface area contributed by atoms with Crippen LogP contribution in [0.4, 0.5) is 0 Å². The first-order chi connectivity index (χ1) is 9.12. The Bertz CT molecular complexity index is 400. The Kier molecular flexibility index (Phi) is 4.97. The van der Waals surface area contributed by atoms with Crippen LogP contribution in [0.2, 0.25) is 0 Å². The number of carbonyl (C=O) groups excluding carboxylic acids is 2. The second-order valence-electron chi connectivity index (χ2n) is 6.63. The molecule has 2 atom stereocenters. The van der Waals surface area contributed by atoms with E-state index in [2.05, 4.69) is 17.2 Å². The molecule has 0 aromatic rings. The van der Waals surface area contributed by atoms with Crippen molar-refractivity contribution in [1.82, 2.24) is 15.5 Å². The minimum atomic E-state index is -0.884. The molecule has 114 valence electrons. The molecule has 0 radical (unpaired) electrons. The molecule has 0 aromatic carbocycles. The topological polar surface area (TPSA) is 61.4 Å². The first-order valence-corrected chi connectivity index (χ1v) is 7.02. The fourth-order valence-corrected chi connectivity index (χ4v) is 2.50. The molecule has 0 saturated carbocycles. The van der Waals surface area contributed by atoms with Gasteiger partial charge in [-0.05, 0) is 33.1 Å². The summed E-state index contributed by atoms with van der Waals surface area (Å²) >= 11 is 0. The summed E-state index contributed by atoms with van der Waals surface area (Å²) in [4.78, 5) is 26.2. The lowest BCUT2D eigenvalue weighted by Gasteiger charge is -2.45. The maximum absolute atomic E-state index is 12.9. The van der Waals surface area contributed by atoms with E-state index in [1.165, 1.54) is 6.92 Å². The molecule has 1 saturated heterocycles. The van der Waals surface area contributed by atoms with Crippen molar-refractivity contribution in [3.05, 3.63) is 12.7 Å². The Balaban J connectivity index is 3.08. The Morgan fingerprint density at radius 1 is 1.45 bits per heavy atom. The molecule has 5 nitrogen and oxygen atoms in total. The molecule has 0 unspecified atom stereocenters. The molecule has 0 aromatic heterocycles. The van der Waals surface area contributed by atoms with Gasteiger partial charge in [0, 0.05) is 32.6 Å². The van der Waals surface area contributed by atoms with E-state index in [9.17, 15) is 9.59 Å². The average molecular weight is 281 g/mol. The monoisotopic (exact) mass is 281 g/mol. The van der Waals surface area contributed by atoms with E-state index in [0.29, 0.717) is 13.0 Å². The first kappa shape index (κ1) is 16.7. The quantitative estimate of drug-likeness (QED) is 0.756. The van der Waals surface area contributed by atoms with Gasteiger partial charge in [0.15, 0.2) is 0 Å². The maximum Gasteiger partial charge on any atom is 0.249 e. The number of amides is 2. The lowest BCUT2D eigenvalue weighted by Crippen LogP contribution is -2.68. The number of piperidine rings is 1. The molecule has 1 fully saturated rings. The highest BCUT2D eigenvalue weighted by Crippen LogP contribution is 2.26. The Hall–Kier alpha value is -1.36. The van der Waals surface area contributed by atoms with Crippen molar-refractivity contribution in [3.8, 4) is 0 Å². The molecular formula is C15H27N3O2. The minimum Gasteiger partial charge on any atom is -0.341 e. The summed E-state index contributed by atoms with van der Waals surface area (Å²) in [6.07, 6.45) is 2.43. The van der Waals surface area contributed by atoms with E-state index in [1.807, 2.05) is 26.8 Å². The lowest BCUT2D eigenvalue weighted by molar-refractivity contribution is -0.145. The van der Waals surface area contributed by atoms with Gasteiger partial charge in [-0.15, -0.1) is 6.58 Å². The standard InChI is InChI=1S/C15H27N3O2/c1-7-12-8-15(10-16-9-12,17-11(2)19)13(20)18(6)14(3,4)5/h7,12,16H,1,8-10H2,2-6H3,(H,17,19)/t12-,15+/m0/s1. The van der Waals surface area contributed by atoms with Crippen molar-refractivity contribution >= 4 is 11.8 Å². The number of nitrogens with one attached hydrogen (secondary N) is 2. The Labute approximate surface area is 121 Å². The van der Waals surface area contributed by atoms with Crippen molar-refractivity contribution in [1.29, 1.82) is 0 Å².